The number of anilines is 1. The lowest BCUT2D eigenvalue weighted by atomic mass is 10.0. The minimum Gasteiger partial charge on any atom is -0.368 e. The van der Waals surface area contributed by atoms with Crippen molar-refractivity contribution in [2.75, 3.05) is 5.32 Å². The lowest BCUT2D eigenvalue weighted by molar-refractivity contribution is 0.363. The third kappa shape index (κ3) is 4.41. The summed E-state index contributed by atoms with van der Waals surface area (Å²) in [6, 6.07) is 11.5. The Morgan fingerprint density at radius 3 is 2.09 bits per heavy atom. The van der Waals surface area contributed by atoms with Crippen molar-refractivity contribution in [3.63, 3.8) is 0 Å². The molecule has 23 heavy (non-hydrogen) atoms. The van der Waals surface area contributed by atoms with Crippen LogP contribution in [0.3, 0.4) is 0 Å². The zero-order chi connectivity index (χ0) is 17.2. The van der Waals surface area contributed by atoms with Gasteiger partial charge in [0, 0.05) is 5.69 Å². The summed E-state index contributed by atoms with van der Waals surface area (Å²) in [5, 5.41) is 2.75. The first-order valence-electron chi connectivity index (χ1n) is 7.36. The molecule has 2 aromatic carbocycles. The summed E-state index contributed by atoms with van der Waals surface area (Å²) in [5.74, 6) is -1.31. The molecule has 0 aliphatic carbocycles. The maximum Gasteiger partial charge on any atom is 0.352 e. The summed E-state index contributed by atoms with van der Waals surface area (Å²) >= 11 is 0. The maximum atomic E-state index is 13.6. The Morgan fingerprint density at radius 1 is 1.04 bits per heavy atom. The molecular formula is C17H21FNO3P. The molecule has 0 radical (unpaired) electrons. The van der Waals surface area contributed by atoms with Crippen LogP contribution in [-0.2, 0) is 4.57 Å². The van der Waals surface area contributed by atoms with E-state index in [4.69, 9.17) is 0 Å². The van der Waals surface area contributed by atoms with Gasteiger partial charge in [-0.3, -0.25) is 4.57 Å². The Morgan fingerprint density at radius 2 is 1.61 bits per heavy atom. The zero-order valence-corrected chi connectivity index (χ0v) is 14.2. The van der Waals surface area contributed by atoms with Crippen LogP contribution < -0.4 is 5.32 Å². The highest BCUT2D eigenvalue weighted by molar-refractivity contribution is 7.52. The van der Waals surface area contributed by atoms with Crippen molar-refractivity contribution in [3.05, 3.63) is 65.0 Å². The lowest BCUT2D eigenvalue weighted by Gasteiger charge is -2.22. The molecule has 2 aromatic rings. The van der Waals surface area contributed by atoms with Crippen LogP contribution in [0.25, 0.3) is 0 Å². The molecule has 0 unspecified atom stereocenters. The number of halogens is 1. The largest absolute Gasteiger partial charge is 0.368 e. The van der Waals surface area contributed by atoms with E-state index in [-0.39, 0.29) is 0 Å². The van der Waals surface area contributed by atoms with E-state index in [2.05, 4.69) is 5.32 Å². The highest BCUT2D eigenvalue weighted by Gasteiger charge is 2.30. The molecule has 0 fully saturated rings. The topological polar surface area (TPSA) is 69.6 Å². The number of hydrogen-bond acceptors (Lipinski definition) is 2. The molecule has 124 valence electrons. The van der Waals surface area contributed by atoms with E-state index in [9.17, 15) is 18.7 Å². The zero-order valence-electron chi connectivity index (χ0n) is 13.3. The molecule has 0 heterocycles. The third-order valence-electron chi connectivity index (χ3n) is 3.73. The highest BCUT2D eigenvalue weighted by atomic mass is 31.2. The van der Waals surface area contributed by atoms with E-state index < -0.39 is 19.2 Å². The summed E-state index contributed by atoms with van der Waals surface area (Å²) in [7, 11) is -4.46. The molecule has 0 aliphatic heterocycles. The van der Waals surface area contributed by atoms with Crippen LogP contribution in [-0.4, -0.2) is 9.79 Å². The number of hydrogen-bond donors (Lipinski definition) is 3. The van der Waals surface area contributed by atoms with E-state index in [1.165, 1.54) is 6.07 Å². The Bertz CT molecular complexity index is 725. The fourth-order valence-electron chi connectivity index (χ4n) is 2.27. The third-order valence-corrected chi connectivity index (χ3v) is 4.83. The van der Waals surface area contributed by atoms with Crippen LogP contribution in [0.4, 0.5) is 10.1 Å². The second-order valence-corrected chi connectivity index (χ2v) is 7.62. The van der Waals surface area contributed by atoms with Crippen molar-refractivity contribution >= 4 is 13.3 Å². The smallest absolute Gasteiger partial charge is 0.352 e. The van der Waals surface area contributed by atoms with Crippen LogP contribution in [0, 0.1) is 12.7 Å². The monoisotopic (exact) mass is 337 g/mol. The molecule has 0 spiro atoms. The van der Waals surface area contributed by atoms with Gasteiger partial charge in [-0.05, 0) is 41.7 Å². The van der Waals surface area contributed by atoms with Crippen molar-refractivity contribution in [1.29, 1.82) is 0 Å². The quantitative estimate of drug-likeness (QED) is 0.700. The maximum absolute atomic E-state index is 13.6. The van der Waals surface area contributed by atoms with Crippen LogP contribution in [0.1, 0.15) is 42.2 Å². The van der Waals surface area contributed by atoms with Gasteiger partial charge in [-0.1, -0.05) is 44.2 Å². The van der Waals surface area contributed by atoms with Gasteiger partial charge in [0.2, 0.25) is 0 Å². The Labute approximate surface area is 135 Å². The Balaban J connectivity index is 2.34. The average molecular weight is 337 g/mol. The van der Waals surface area contributed by atoms with Crippen LogP contribution in [0.15, 0.2) is 42.5 Å². The lowest BCUT2D eigenvalue weighted by Crippen LogP contribution is -2.11. The molecule has 0 amide bonds. The van der Waals surface area contributed by atoms with Crippen molar-refractivity contribution in [3.8, 4) is 0 Å². The summed E-state index contributed by atoms with van der Waals surface area (Å²) < 4.78 is 25.5. The fraction of sp³-hybridized carbons (Fsp3) is 0.294. The molecule has 0 saturated carbocycles. The van der Waals surface area contributed by atoms with Crippen LogP contribution in [0.5, 0.6) is 0 Å². The molecule has 3 N–H and O–H groups in total. The van der Waals surface area contributed by atoms with Gasteiger partial charge in [-0.25, -0.2) is 4.39 Å². The van der Waals surface area contributed by atoms with Gasteiger partial charge >= 0.3 is 7.60 Å². The van der Waals surface area contributed by atoms with Crippen molar-refractivity contribution < 1.29 is 18.7 Å². The van der Waals surface area contributed by atoms with E-state index in [0.717, 1.165) is 5.56 Å². The predicted octanol–water partition coefficient (Wildman–Crippen LogP) is 4.55. The molecule has 0 saturated heterocycles. The average Bonchev–Trinajstić information content (AvgIpc) is 2.47. The van der Waals surface area contributed by atoms with E-state index in [1.54, 1.807) is 31.2 Å². The van der Waals surface area contributed by atoms with Gasteiger partial charge < -0.3 is 15.1 Å². The first kappa shape index (κ1) is 17.7. The van der Waals surface area contributed by atoms with E-state index in [1.807, 2.05) is 26.0 Å². The van der Waals surface area contributed by atoms with Gasteiger partial charge in [-0.15, -0.1) is 0 Å². The van der Waals surface area contributed by atoms with Crippen LogP contribution >= 0.6 is 7.60 Å². The number of aryl methyl sites for hydroxylation is 1. The van der Waals surface area contributed by atoms with Gasteiger partial charge in [0.15, 0.2) is 5.78 Å². The minimum absolute atomic E-state index is 0.328. The first-order valence-corrected chi connectivity index (χ1v) is 9.04. The second-order valence-electron chi connectivity index (χ2n) is 5.92. The van der Waals surface area contributed by atoms with Gasteiger partial charge in [0.1, 0.15) is 5.82 Å². The van der Waals surface area contributed by atoms with Crippen molar-refractivity contribution in [1.82, 2.24) is 0 Å². The molecular weight excluding hydrogens is 316 g/mol. The van der Waals surface area contributed by atoms with Gasteiger partial charge in [0.05, 0.1) is 0 Å². The minimum atomic E-state index is -4.46. The molecule has 0 aromatic heterocycles. The highest BCUT2D eigenvalue weighted by Crippen LogP contribution is 2.51. The van der Waals surface area contributed by atoms with Gasteiger partial charge in [0.25, 0.3) is 0 Å². The van der Waals surface area contributed by atoms with E-state index >= 15 is 0 Å². The standard InChI is InChI=1S/C17H21FNO3P/c1-11(2)13-5-7-14(8-6-13)17(23(20,21)22)19-15-9-4-12(3)16(18)10-15/h4-11,17,19H,1-3H3,(H2,20,21,22)/t17-/m1/s1. The summed E-state index contributed by atoms with van der Waals surface area (Å²) in [6.07, 6.45) is 0. The van der Waals surface area contributed by atoms with E-state index in [0.29, 0.717) is 22.7 Å². The van der Waals surface area contributed by atoms with Gasteiger partial charge in [-0.2, -0.15) is 0 Å². The molecule has 4 nitrogen and oxygen atoms in total. The Kier molecular flexibility index (Phi) is 5.25. The number of rotatable bonds is 5. The van der Waals surface area contributed by atoms with Crippen molar-refractivity contribution in [2.45, 2.75) is 32.5 Å². The molecule has 2 rings (SSSR count). The number of benzene rings is 2. The molecule has 0 aliphatic rings. The SMILES string of the molecule is Cc1ccc(N[C@@H](c2ccc(C(C)C)cc2)P(=O)(O)O)cc1F. The second kappa shape index (κ2) is 6.83. The fourth-order valence-corrected chi connectivity index (χ4v) is 3.14. The first-order chi connectivity index (χ1) is 10.7. The summed E-state index contributed by atoms with van der Waals surface area (Å²) in [6.45, 7) is 5.72. The molecule has 1 atom stereocenters. The predicted molar refractivity (Wildman–Crippen MR) is 90.1 cm³/mol. The molecule has 6 heteroatoms. The van der Waals surface area contributed by atoms with Crippen LogP contribution in [0.2, 0.25) is 0 Å². The number of nitrogens with one attached hydrogen (secondary N) is 1. The normalized spacial score (nSPS) is 13.2. The Hall–Kier alpha value is -1.68. The molecule has 0 bridgehead atoms. The summed E-state index contributed by atoms with van der Waals surface area (Å²) in [5.41, 5.74) is 2.35. The summed E-state index contributed by atoms with van der Waals surface area (Å²) in [4.78, 5) is 19.3. The van der Waals surface area contributed by atoms with Crippen molar-refractivity contribution in [2.24, 2.45) is 0 Å².